The summed E-state index contributed by atoms with van der Waals surface area (Å²) >= 11 is 1.23. The molecular weight excluding hydrogens is 296 g/mol. The first-order valence-electron chi connectivity index (χ1n) is 6.01. The SMILES string of the molecule is C=CCNc1nc(C(=O)O[C@@H](C)C(=O)NC(=O)NC)cs1. The molecule has 114 valence electrons. The molecule has 0 saturated carbocycles. The van der Waals surface area contributed by atoms with Crippen molar-refractivity contribution in [1.82, 2.24) is 15.6 Å². The van der Waals surface area contributed by atoms with Gasteiger partial charge in [0.15, 0.2) is 16.9 Å². The van der Waals surface area contributed by atoms with E-state index in [-0.39, 0.29) is 5.69 Å². The fraction of sp³-hybridized carbons (Fsp3) is 0.333. The molecule has 1 atom stereocenters. The van der Waals surface area contributed by atoms with E-state index in [9.17, 15) is 14.4 Å². The number of esters is 1. The van der Waals surface area contributed by atoms with Gasteiger partial charge in [-0.3, -0.25) is 10.1 Å². The average molecular weight is 312 g/mol. The van der Waals surface area contributed by atoms with Gasteiger partial charge in [0.05, 0.1) is 0 Å². The van der Waals surface area contributed by atoms with Gasteiger partial charge < -0.3 is 15.4 Å². The zero-order chi connectivity index (χ0) is 15.8. The molecule has 0 saturated heterocycles. The Bertz CT molecular complexity index is 543. The molecule has 3 N–H and O–H groups in total. The van der Waals surface area contributed by atoms with Crippen LogP contribution in [0.4, 0.5) is 9.93 Å². The Morgan fingerprint density at radius 1 is 1.52 bits per heavy atom. The number of carbonyl (C=O) groups is 3. The second-order valence-electron chi connectivity index (χ2n) is 3.82. The maximum atomic E-state index is 11.8. The fourth-order valence-corrected chi connectivity index (χ4v) is 1.85. The number of imide groups is 1. The van der Waals surface area contributed by atoms with Gasteiger partial charge in [-0.05, 0) is 6.92 Å². The predicted molar refractivity (Wildman–Crippen MR) is 78.3 cm³/mol. The van der Waals surface area contributed by atoms with E-state index in [0.717, 1.165) is 0 Å². The smallest absolute Gasteiger partial charge is 0.358 e. The lowest BCUT2D eigenvalue weighted by atomic mass is 10.3. The van der Waals surface area contributed by atoms with Crippen molar-refractivity contribution in [2.45, 2.75) is 13.0 Å². The van der Waals surface area contributed by atoms with Crippen molar-refractivity contribution in [1.29, 1.82) is 0 Å². The number of carbonyl (C=O) groups excluding carboxylic acids is 3. The lowest BCUT2D eigenvalue weighted by Crippen LogP contribution is -2.43. The van der Waals surface area contributed by atoms with Crippen LogP contribution in [0.25, 0.3) is 0 Å². The van der Waals surface area contributed by atoms with E-state index in [1.807, 2.05) is 5.32 Å². The molecule has 21 heavy (non-hydrogen) atoms. The Labute approximate surface area is 125 Å². The van der Waals surface area contributed by atoms with Crippen LogP contribution in [0.5, 0.6) is 0 Å². The number of amides is 3. The van der Waals surface area contributed by atoms with Crippen molar-refractivity contribution in [3.63, 3.8) is 0 Å². The zero-order valence-electron chi connectivity index (χ0n) is 11.6. The third-order valence-electron chi connectivity index (χ3n) is 2.23. The zero-order valence-corrected chi connectivity index (χ0v) is 12.5. The summed E-state index contributed by atoms with van der Waals surface area (Å²) in [6, 6.07) is -0.674. The van der Waals surface area contributed by atoms with Gasteiger partial charge in [-0.1, -0.05) is 6.08 Å². The molecule has 0 unspecified atom stereocenters. The van der Waals surface area contributed by atoms with Crippen molar-refractivity contribution in [3.05, 3.63) is 23.7 Å². The normalized spacial score (nSPS) is 11.1. The first kappa shape index (κ1) is 16.6. The number of nitrogens with one attached hydrogen (secondary N) is 3. The van der Waals surface area contributed by atoms with Gasteiger partial charge in [0, 0.05) is 19.0 Å². The van der Waals surface area contributed by atoms with Crippen molar-refractivity contribution < 1.29 is 19.1 Å². The molecule has 1 aromatic heterocycles. The third-order valence-corrected chi connectivity index (χ3v) is 3.03. The van der Waals surface area contributed by atoms with E-state index in [4.69, 9.17) is 4.74 Å². The summed E-state index contributed by atoms with van der Waals surface area (Å²) in [5.74, 6) is -1.46. The van der Waals surface area contributed by atoms with Crippen LogP contribution in [0, 0.1) is 0 Å². The summed E-state index contributed by atoms with van der Waals surface area (Å²) in [5, 5.41) is 9.22. The molecule has 1 rings (SSSR count). The summed E-state index contributed by atoms with van der Waals surface area (Å²) < 4.78 is 4.93. The lowest BCUT2D eigenvalue weighted by molar-refractivity contribution is -0.127. The van der Waals surface area contributed by atoms with E-state index in [2.05, 4.69) is 22.2 Å². The van der Waals surface area contributed by atoms with Gasteiger partial charge in [-0.25, -0.2) is 14.6 Å². The van der Waals surface area contributed by atoms with Crippen molar-refractivity contribution in [2.75, 3.05) is 18.9 Å². The molecular formula is C12H16N4O4S. The number of hydrogen-bond acceptors (Lipinski definition) is 7. The van der Waals surface area contributed by atoms with Crippen molar-refractivity contribution in [3.8, 4) is 0 Å². The van der Waals surface area contributed by atoms with Gasteiger partial charge in [-0.2, -0.15) is 0 Å². The fourth-order valence-electron chi connectivity index (χ4n) is 1.16. The second kappa shape index (κ2) is 8.00. The van der Waals surface area contributed by atoms with Crippen LogP contribution >= 0.6 is 11.3 Å². The number of rotatable bonds is 6. The maximum Gasteiger partial charge on any atom is 0.358 e. The van der Waals surface area contributed by atoms with Crippen LogP contribution in [0.2, 0.25) is 0 Å². The molecule has 0 aromatic carbocycles. The van der Waals surface area contributed by atoms with Gasteiger partial charge in [-0.15, -0.1) is 17.9 Å². The van der Waals surface area contributed by atoms with Gasteiger partial charge in [0.1, 0.15) is 0 Å². The van der Waals surface area contributed by atoms with Gasteiger partial charge in [0.25, 0.3) is 5.91 Å². The van der Waals surface area contributed by atoms with E-state index in [0.29, 0.717) is 11.7 Å². The monoisotopic (exact) mass is 312 g/mol. The minimum Gasteiger partial charge on any atom is -0.448 e. The molecule has 0 aliphatic rings. The number of ether oxygens (including phenoxy) is 1. The van der Waals surface area contributed by atoms with Crippen LogP contribution in [0.1, 0.15) is 17.4 Å². The summed E-state index contributed by atoms with van der Waals surface area (Å²) in [7, 11) is 1.37. The third kappa shape index (κ3) is 5.22. The van der Waals surface area contributed by atoms with E-state index in [1.54, 1.807) is 6.08 Å². The second-order valence-corrected chi connectivity index (χ2v) is 4.68. The number of urea groups is 1. The highest BCUT2D eigenvalue weighted by molar-refractivity contribution is 7.13. The molecule has 8 nitrogen and oxygen atoms in total. The minimum atomic E-state index is -1.11. The molecule has 0 bridgehead atoms. The van der Waals surface area contributed by atoms with Gasteiger partial charge >= 0.3 is 12.0 Å². The number of nitrogens with zero attached hydrogens (tertiary/aromatic N) is 1. The quantitative estimate of drug-likeness (QED) is 0.528. The predicted octanol–water partition coefficient (Wildman–Crippen LogP) is 0.742. The number of hydrogen-bond donors (Lipinski definition) is 3. The van der Waals surface area contributed by atoms with E-state index < -0.39 is 24.0 Å². The maximum absolute atomic E-state index is 11.8. The average Bonchev–Trinajstić information content (AvgIpc) is 2.93. The largest absolute Gasteiger partial charge is 0.448 e. The molecule has 0 spiro atoms. The Morgan fingerprint density at radius 3 is 2.86 bits per heavy atom. The standard InChI is InChI=1S/C12H16N4O4S/c1-4-5-14-12-15-8(6-21-12)10(18)20-7(2)9(17)16-11(19)13-3/h4,6-7H,1,5H2,2-3H3,(H,14,15)(H2,13,16,17,19)/t7-/m0/s1. The minimum absolute atomic E-state index is 0.0890. The van der Waals surface area contributed by atoms with Crippen molar-refractivity contribution in [2.24, 2.45) is 0 Å². The first-order valence-corrected chi connectivity index (χ1v) is 6.89. The number of aromatic nitrogens is 1. The number of thiazole rings is 1. The highest BCUT2D eigenvalue weighted by Gasteiger charge is 2.21. The van der Waals surface area contributed by atoms with Gasteiger partial charge in [0.2, 0.25) is 0 Å². The topological polar surface area (TPSA) is 109 Å². The van der Waals surface area contributed by atoms with Crippen LogP contribution in [-0.4, -0.2) is 42.6 Å². The van der Waals surface area contributed by atoms with Crippen molar-refractivity contribution >= 4 is 34.4 Å². The molecule has 0 aliphatic carbocycles. The molecule has 0 radical (unpaired) electrons. The molecule has 1 heterocycles. The highest BCUT2D eigenvalue weighted by atomic mass is 32.1. The summed E-state index contributed by atoms with van der Waals surface area (Å²) in [6.45, 7) is 5.43. The van der Waals surface area contributed by atoms with Crippen LogP contribution < -0.4 is 16.0 Å². The molecule has 9 heteroatoms. The molecule has 3 amide bonds. The summed E-state index contributed by atoms with van der Waals surface area (Å²) in [4.78, 5) is 38.3. The Morgan fingerprint density at radius 2 is 2.24 bits per heavy atom. The molecule has 0 fully saturated rings. The summed E-state index contributed by atoms with van der Waals surface area (Å²) in [6.07, 6.45) is 0.547. The summed E-state index contributed by atoms with van der Waals surface area (Å²) in [5.41, 5.74) is 0.0890. The highest BCUT2D eigenvalue weighted by Crippen LogP contribution is 2.16. The molecule has 1 aromatic rings. The van der Waals surface area contributed by atoms with Crippen LogP contribution in [-0.2, 0) is 9.53 Å². The number of anilines is 1. The van der Waals surface area contributed by atoms with Crippen LogP contribution in [0.15, 0.2) is 18.0 Å². The first-order chi connectivity index (χ1) is 9.97. The Kier molecular flexibility index (Phi) is 6.34. The van der Waals surface area contributed by atoms with E-state index in [1.165, 1.54) is 30.7 Å². The molecule has 0 aliphatic heterocycles. The van der Waals surface area contributed by atoms with E-state index >= 15 is 0 Å². The van der Waals surface area contributed by atoms with Crippen LogP contribution in [0.3, 0.4) is 0 Å². The Hall–Kier alpha value is -2.42. The lowest BCUT2D eigenvalue weighted by Gasteiger charge is -2.11. The Balaban J connectivity index is 2.55.